The number of halogens is 1. The van der Waals surface area contributed by atoms with E-state index in [1.807, 2.05) is 26.0 Å². The van der Waals surface area contributed by atoms with Gasteiger partial charge in [-0.1, -0.05) is 35.9 Å². The van der Waals surface area contributed by atoms with Crippen molar-refractivity contribution in [2.45, 2.75) is 20.4 Å². The van der Waals surface area contributed by atoms with Crippen molar-refractivity contribution in [3.05, 3.63) is 65.0 Å². The van der Waals surface area contributed by atoms with Gasteiger partial charge < -0.3 is 5.32 Å². The SMILES string of the molecule is Cc1ccc(NC(=O)CN2CCN(Cc3ccccc3F)S2(=O)=O)c(C)c1. The number of nitrogens with zero attached hydrogens (tertiary/aromatic N) is 2. The van der Waals surface area contributed by atoms with E-state index in [-0.39, 0.29) is 26.2 Å². The van der Waals surface area contributed by atoms with Crippen LogP contribution in [0.2, 0.25) is 0 Å². The van der Waals surface area contributed by atoms with Crippen LogP contribution >= 0.6 is 0 Å². The topological polar surface area (TPSA) is 69.7 Å². The lowest BCUT2D eigenvalue weighted by atomic mass is 10.1. The van der Waals surface area contributed by atoms with Crippen LogP contribution in [0, 0.1) is 19.7 Å². The van der Waals surface area contributed by atoms with Crippen LogP contribution in [-0.2, 0) is 21.5 Å². The van der Waals surface area contributed by atoms with Crippen LogP contribution in [0.4, 0.5) is 10.1 Å². The van der Waals surface area contributed by atoms with E-state index < -0.39 is 21.9 Å². The summed E-state index contributed by atoms with van der Waals surface area (Å²) in [5, 5.41) is 2.75. The van der Waals surface area contributed by atoms with Gasteiger partial charge in [-0.3, -0.25) is 4.79 Å². The van der Waals surface area contributed by atoms with Crippen molar-refractivity contribution in [3.8, 4) is 0 Å². The zero-order valence-electron chi connectivity index (χ0n) is 15.3. The summed E-state index contributed by atoms with van der Waals surface area (Å²) in [6.45, 7) is 3.92. The zero-order chi connectivity index (χ0) is 19.6. The summed E-state index contributed by atoms with van der Waals surface area (Å²) in [7, 11) is -3.81. The molecule has 1 N–H and O–H groups in total. The van der Waals surface area contributed by atoms with Crippen LogP contribution in [0.5, 0.6) is 0 Å². The third-order valence-electron chi connectivity index (χ3n) is 4.53. The lowest BCUT2D eigenvalue weighted by Gasteiger charge is -2.19. The van der Waals surface area contributed by atoms with Gasteiger partial charge >= 0.3 is 0 Å². The second kappa shape index (κ2) is 7.75. The molecule has 0 spiro atoms. The molecule has 1 fully saturated rings. The Kier molecular flexibility index (Phi) is 5.59. The fraction of sp³-hybridized carbons (Fsp3) is 0.316. The molecule has 2 aromatic carbocycles. The van der Waals surface area contributed by atoms with Gasteiger partial charge in [0.1, 0.15) is 5.82 Å². The van der Waals surface area contributed by atoms with Gasteiger partial charge in [0.15, 0.2) is 0 Å². The van der Waals surface area contributed by atoms with Crippen molar-refractivity contribution < 1.29 is 17.6 Å². The quantitative estimate of drug-likeness (QED) is 0.851. The lowest BCUT2D eigenvalue weighted by Crippen LogP contribution is -2.38. The lowest BCUT2D eigenvalue weighted by molar-refractivity contribution is -0.116. The number of carbonyl (C=O) groups is 1. The monoisotopic (exact) mass is 391 g/mol. The maximum absolute atomic E-state index is 13.8. The average Bonchev–Trinajstić information content (AvgIpc) is 2.87. The summed E-state index contributed by atoms with van der Waals surface area (Å²) in [6, 6.07) is 11.7. The van der Waals surface area contributed by atoms with E-state index in [0.717, 1.165) is 15.4 Å². The van der Waals surface area contributed by atoms with Crippen molar-refractivity contribution in [3.63, 3.8) is 0 Å². The normalized spacial score (nSPS) is 17.1. The predicted molar refractivity (Wildman–Crippen MR) is 102 cm³/mol. The van der Waals surface area contributed by atoms with Crippen LogP contribution in [0.15, 0.2) is 42.5 Å². The molecule has 1 heterocycles. The highest BCUT2D eigenvalue weighted by Gasteiger charge is 2.37. The van der Waals surface area contributed by atoms with Crippen molar-refractivity contribution in [1.82, 2.24) is 8.61 Å². The number of anilines is 1. The number of nitrogens with one attached hydrogen (secondary N) is 1. The van der Waals surface area contributed by atoms with E-state index >= 15 is 0 Å². The van der Waals surface area contributed by atoms with Crippen molar-refractivity contribution >= 4 is 21.8 Å². The highest BCUT2D eigenvalue weighted by Crippen LogP contribution is 2.21. The van der Waals surface area contributed by atoms with Crippen LogP contribution in [0.25, 0.3) is 0 Å². The van der Waals surface area contributed by atoms with Gasteiger partial charge in [-0.05, 0) is 31.5 Å². The standard InChI is InChI=1S/C19H22FN3O3S/c1-14-7-8-18(15(2)11-14)21-19(24)13-23-10-9-22(27(23,25)26)12-16-5-3-4-6-17(16)20/h3-8,11H,9-10,12-13H2,1-2H3,(H,21,24). The van der Waals surface area contributed by atoms with Crippen molar-refractivity contribution in [2.75, 3.05) is 25.0 Å². The van der Waals surface area contributed by atoms with Crippen LogP contribution in [0.3, 0.4) is 0 Å². The summed E-state index contributed by atoms with van der Waals surface area (Å²) >= 11 is 0. The van der Waals surface area contributed by atoms with Gasteiger partial charge in [-0.15, -0.1) is 0 Å². The molecule has 3 rings (SSSR count). The summed E-state index contributed by atoms with van der Waals surface area (Å²) in [6.07, 6.45) is 0. The number of amides is 1. The number of aryl methyl sites for hydroxylation is 2. The Hall–Kier alpha value is -2.29. The minimum atomic E-state index is -3.81. The minimum Gasteiger partial charge on any atom is -0.325 e. The summed E-state index contributed by atoms with van der Waals surface area (Å²) in [4.78, 5) is 12.3. The Morgan fingerprint density at radius 1 is 1.11 bits per heavy atom. The maximum atomic E-state index is 13.8. The molecule has 1 saturated heterocycles. The average molecular weight is 391 g/mol. The molecule has 0 unspecified atom stereocenters. The van der Waals surface area contributed by atoms with E-state index in [9.17, 15) is 17.6 Å². The fourth-order valence-corrected chi connectivity index (χ4v) is 4.59. The number of rotatable bonds is 5. The zero-order valence-corrected chi connectivity index (χ0v) is 16.1. The summed E-state index contributed by atoms with van der Waals surface area (Å²) in [5.41, 5.74) is 2.96. The van der Waals surface area contributed by atoms with Crippen molar-refractivity contribution in [1.29, 1.82) is 0 Å². The molecule has 1 amide bonds. The summed E-state index contributed by atoms with van der Waals surface area (Å²) < 4.78 is 41.4. The number of hydrogen-bond acceptors (Lipinski definition) is 3. The predicted octanol–water partition coefficient (Wildman–Crippen LogP) is 2.44. The van der Waals surface area contributed by atoms with Crippen LogP contribution < -0.4 is 5.32 Å². The Bertz CT molecular complexity index is 962. The Morgan fingerprint density at radius 2 is 1.81 bits per heavy atom. The third-order valence-corrected chi connectivity index (χ3v) is 6.46. The first kappa shape index (κ1) is 19.5. The van der Waals surface area contributed by atoms with E-state index in [4.69, 9.17) is 0 Å². The van der Waals surface area contributed by atoms with Crippen molar-refractivity contribution in [2.24, 2.45) is 0 Å². The largest absolute Gasteiger partial charge is 0.325 e. The molecule has 1 aliphatic rings. The van der Waals surface area contributed by atoms with E-state index in [1.54, 1.807) is 24.3 Å². The first-order chi connectivity index (χ1) is 12.8. The molecule has 6 nitrogen and oxygen atoms in total. The molecule has 2 aromatic rings. The third kappa shape index (κ3) is 4.35. The molecule has 0 atom stereocenters. The molecule has 27 heavy (non-hydrogen) atoms. The first-order valence-corrected chi connectivity index (χ1v) is 10.0. The number of hydrogen-bond donors (Lipinski definition) is 1. The van der Waals surface area contributed by atoms with Gasteiger partial charge in [-0.25, -0.2) is 4.39 Å². The molecular weight excluding hydrogens is 369 g/mol. The molecule has 0 bridgehead atoms. The summed E-state index contributed by atoms with van der Waals surface area (Å²) in [5.74, 6) is -0.850. The molecular formula is C19H22FN3O3S. The minimum absolute atomic E-state index is 0.0514. The highest BCUT2D eigenvalue weighted by molar-refractivity contribution is 7.87. The molecule has 0 saturated carbocycles. The Balaban J connectivity index is 1.66. The van der Waals surface area contributed by atoms with Gasteiger partial charge in [0.25, 0.3) is 10.2 Å². The molecule has 0 aromatic heterocycles. The Morgan fingerprint density at radius 3 is 2.52 bits per heavy atom. The highest BCUT2D eigenvalue weighted by atomic mass is 32.2. The van der Waals surface area contributed by atoms with E-state index in [2.05, 4.69) is 5.32 Å². The van der Waals surface area contributed by atoms with Gasteiger partial charge in [0.05, 0.1) is 6.54 Å². The molecule has 144 valence electrons. The second-order valence-corrected chi connectivity index (χ2v) is 8.56. The molecule has 1 aliphatic heterocycles. The Labute approximate surface area is 158 Å². The smallest absolute Gasteiger partial charge is 0.282 e. The molecule has 0 radical (unpaired) electrons. The van der Waals surface area contributed by atoms with Gasteiger partial charge in [-0.2, -0.15) is 17.0 Å². The molecule has 8 heteroatoms. The van der Waals surface area contributed by atoms with Gasteiger partial charge in [0, 0.05) is 30.9 Å². The fourth-order valence-electron chi connectivity index (χ4n) is 3.06. The molecule has 0 aliphatic carbocycles. The van der Waals surface area contributed by atoms with E-state index in [0.29, 0.717) is 11.3 Å². The maximum Gasteiger partial charge on any atom is 0.282 e. The number of benzene rings is 2. The van der Waals surface area contributed by atoms with Crippen LogP contribution in [-0.4, -0.2) is 42.6 Å². The number of carbonyl (C=O) groups excluding carboxylic acids is 1. The second-order valence-electron chi connectivity index (χ2n) is 6.63. The van der Waals surface area contributed by atoms with E-state index in [1.165, 1.54) is 10.4 Å². The first-order valence-electron chi connectivity index (χ1n) is 8.63. The van der Waals surface area contributed by atoms with Gasteiger partial charge in [0.2, 0.25) is 5.91 Å². The van der Waals surface area contributed by atoms with Crippen LogP contribution in [0.1, 0.15) is 16.7 Å².